The van der Waals surface area contributed by atoms with Gasteiger partial charge in [0.1, 0.15) is 0 Å². The molecule has 180 valence electrons. The second-order valence-corrected chi connectivity index (χ2v) is 9.09. The van der Waals surface area contributed by atoms with Crippen LogP contribution in [-0.2, 0) is 25.9 Å². The topological polar surface area (TPSA) is 105 Å². The zero-order valence-corrected chi connectivity index (χ0v) is 20.2. The van der Waals surface area contributed by atoms with E-state index in [2.05, 4.69) is 41.4 Å². The molecule has 3 aromatic carbocycles. The highest BCUT2D eigenvalue weighted by Gasteiger charge is 2.18. The lowest BCUT2D eigenvalue weighted by Gasteiger charge is -2.09. The number of nitrogens with two attached hydrogens (primary N) is 1. The first-order chi connectivity index (χ1) is 17.5. The fourth-order valence-corrected chi connectivity index (χ4v) is 4.56. The number of para-hydroxylation sites is 1. The van der Waals surface area contributed by atoms with Crippen LogP contribution < -0.4 is 5.73 Å². The van der Waals surface area contributed by atoms with Gasteiger partial charge in [0.2, 0.25) is 0 Å². The molecule has 6 nitrogen and oxygen atoms in total. The standard InChI is InChI=1S/C30H28N4O2/c1-19-6-8-20(9-7-19)12-15-26-29(30(31)36)28(34-33-26)16-21-10-13-22(14-11-21)27-17-23(18-35)24-4-2-3-5-25(24)32-27/h2-11,13-14,17,35H,12,15-16,18H2,1H3,(H2,31,36)(H,33,34). The number of hydrogen-bond donors (Lipinski definition) is 3. The van der Waals surface area contributed by atoms with Crippen molar-refractivity contribution in [3.8, 4) is 11.3 Å². The molecule has 5 rings (SSSR count). The molecule has 1 amide bonds. The lowest BCUT2D eigenvalue weighted by Crippen LogP contribution is -2.15. The van der Waals surface area contributed by atoms with E-state index in [0.717, 1.165) is 45.4 Å². The molecule has 6 heteroatoms. The molecule has 0 aliphatic rings. The summed E-state index contributed by atoms with van der Waals surface area (Å²) in [6.45, 7) is 2.02. The smallest absolute Gasteiger partial charge is 0.252 e. The molecule has 0 bridgehead atoms. The number of H-pyrrole nitrogens is 1. The van der Waals surface area contributed by atoms with Crippen LogP contribution in [0.2, 0.25) is 0 Å². The van der Waals surface area contributed by atoms with Gasteiger partial charge in [0.15, 0.2) is 0 Å². The highest BCUT2D eigenvalue weighted by molar-refractivity contribution is 5.95. The van der Waals surface area contributed by atoms with Crippen LogP contribution in [0.4, 0.5) is 0 Å². The first kappa shape index (κ1) is 23.5. The first-order valence-corrected chi connectivity index (χ1v) is 12.0. The molecule has 2 heterocycles. The second kappa shape index (κ2) is 10.1. The SMILES string of the molecule is Cc1ccc(CCc2n[nH]c(Cc3ccc(-c4cc(CO)c5ccccc5n4)cc3)c2C(N)=O)cc1. The maximum absolute atomic E-state index is 12.3. The normalized spacial score (nSPS) is 11.2. The molecule has 4 N–H and O–H groups in total. The molecule has 0 aliphatic carbocycles. The van der Waals surface area contributed by atoms with Gasteiger partial charge < -0.3 is 10.8 Å². The Morgan fingerprint density at radius 3 is 2.39 bits per heavy atom. The predicted octanol–water partition coefficient (Wildman–Crippen LogP) is 4.90. The maximum atomic E-state index is 12.3. The Morgan fingerprint density at radius 1 is 0.944 bits per heavy atom. The molecule has 0 atom stereocenters. The quantitative estimate of drug-likeness (QED) is 0.296. The fourth-order valence-electron chi connectivity index (χ4n) is 4.56. The van der Waals surface area contributed by atoms with Crippen molar-refractivity contribution < 1.29 is 9.90 Å². The van der Waals surface area contributed by atoms with E-state index in [9.17, 15) is 9.90 Å². The Bertz CT molecular complexity index is 1520. The molecule has 36 heavy (non-hydrogen) atoms. The van der Waals surface area contributed by atoms with E-state index in [4.69, 9.17) is 10.7 Å². The summed E-state index contributed by atoms with van der Waals surface area (Å²) < 4.78 is 0. The minimum atomic E-state index is -0.467. The van der Waals surface area contributed by atoms with Gasteiger partial charge in [0, 0.05) is 17.4 Å². The van der Waals surface area contributed by atoms with Crippen LogP contribution in [0.1, 0.15) is 44.0 Å². The summed E-state index contributed by atoms with van der Waals surface area (Å²) in [5, 5.41) is 18.2. The van der Waals surface area contributed by atoms with E-state index < -0.39 is 5.91 Å². The molecular formula is C30H28N4O2. The average molecular weight is 477 g/mol. The number of aliphatic hydroxyl groups excluding tert-OH is 1. The molecule has 0 radical (unpaired) electrons. The van der Waals surface area contributed by atoms with Crippen molar-refractivity contribution >= 4 is 16.8 Å². The third-order valence-corrected chi connectivity index (χ3v) is 6.54. The summed E-state index contributed by atoms with van der Waals surface area (Å²) in [4.78, 5) is 17.1. The number of carbonyl (C=O) groups is 1. The van der Waals surface area contributed by atoms with Crippen LogP contribution in [-0.4, -0.2) is 26.2 Å². The molecule has 0 spiro atoms. The number of amides is 1. The van der Waals surface area contributed by atoms with Gasteiger partial charge in [0.05, 0.1) is 34.8 Å². The predicted molar refractivity (Wildman–Crippen MR) is 142 cm³/mol. The third kappa shape index (κ3) is 4.90. The number of aliphatic hydroxyl groups is 1. The zero-order chi connectivity index (χ0) is 25.1. The van der Waals surface area contributed by atoms with Crippen molar-refractivity contribution in [1.82, 2.24) is 15.2 Å². The van der Waals surface area contributed by atoms with Gasteiger partial charge in [-0.05, 0) is 48.6 Å². The minimum absolute atomic E-state index is 0.0456. The summed E-state index contributed by atoms with van der Waals surface area (Å²) in [5.41, 5.74) is 14.6. The van der Waals surface area contributed by atoms with Gasteiger partial charge in [0.25, 0.3) is 5.91 Å². The van der Waals surface area contributed by atoms with Gasteiger partial charge in [-0.15, -0.1) is 0 Å². The number of aromatic amines is 1. The monoisotopic (exact) mass is 476 g/mol. The van der Waals surface area contributed by atoms with Gasteiger partial charge in [-0.25, -0.2) is 4.98 Å². The summed E-state index contributed by atoms with van der Waals surface area (Å²) in [6, 6.07) is 26.2. The van der Waals surface area contributed by atoms with Gasteiger partial charge in [-0.3, -0.25) is 9.89 Å². The molecule has 0 aliphatic heterocycles. The van der Waals surface area contributed by atoms with Crippen molar-refractivity contribution in [3.63, 3.8) is 0 Å². The number of primary amides is 1. The van der Waals surface area contributed by atoms with E-state index >= 15 is 0 Å². The summed E-state index contributed by atoms with van der Waals surface area (Å²) in [6.07, 6.45) is 1.94. The molecular weight excluding hydrogens is 448 g/mol. The number of pyridine rings is 1. The zero-order valence-electron chi connectivity index (χ0n) is 20.2. The highest BCUT2D eigenvalue weighted by atomic mass is 16.3. The molecule has 0 saturated heterocycles. The van der Waals surface area contributed by atoms with Crippen molar-refractivity contribution in [2.45, 2.75) is 32.8 Å². The van der Waals surface area contributed by atoms with E-state index in [1.807, 2.05) is 54.6 Å². The number of benzene rings is 3. The summed E-state index contributed by atoms with van der Waals surface area (Å²) >= 11 is 0. The third-order valence-electron chi connectivity index (χ3n) is 6.54. The van der Waals surface area contributed by atoms with Crippen LogP contribution in [0.3, 0.4) is 0 Å². The number of carbonyl (C=O) groups excluding carboxylic acids is 1. The lowest BCUT2D eigenvalue weighted by atomic mass is 9.99. The summed E-state index contributed by atoms with van der Waals surface area (Å²) in [7, 11) is 0. The first-order valence-electron chi connectivity index (χ1n) is 12.0. The summed E-state index contributed by atoms with van der Waals surface area (Å²) in [5.74, 6) is -0.467. The molecule has 2 aromatic heterocycles. The highest BCUT2D eigenvalue weighted by Crippen LogP contribution is 2.26. The van der Waals surface area contributed by atoms with Crippen LogP contribution in [0.5, 0.6) is 0 Å². The van der Waals surface area contributed by atoms with Gasteiger partial charge in [-0.2, -0.15) is 5.10 Å². The van der Waals surface area contributed by atoms with Crippen molar-refractivity contribution in [1.29, 1.82) is 0 Å². The Hall–Kier alpha value is -4.29. The van der Waals surface area contributed by atoms with E-state index in [1.165, 1.54) is 11.1 Å². The minimum Gasteiger partial charge on any atom is -0.392 e. The number of aromatic nitrogens is 3. The largest absolute Gasteiger partial charge is 0.392 e. The number of hydrogen-bond acceptors (Lipinski definition) is 4. The molecule has 0 unspecified atom stereocenters. The molecule has 5 aromatic rings. The Balaban J connectivity index is 1.35. The van der Waals surface area contributed by atoms with Crippen LogP contribution in [0.15, 0.2) is 78.9 Å². The van der Waals surface area contributed by atoms with Crippen molar-refractivity contribution in [2.24, 2.45) is 5.73 Å². The Morgan fingerprint density at radius 2 is 1.67 bits per heavy atom. The van der Waals surface area contributed by atoms with Gasteiger partial charge >= 0.3 is 0 Å². The molecule has 0 saturated carbocycles. The average Bonchev–Trinajstić information content (AvgIpc) is 3.30. The number of aryl methyl sites for hydroxylation is 3. The number of rotatable bonds is 8. The number of fused-ring (bicyclic) bond motifs is 1. The van der Waals surface area contributed by atoms with E-state index in [-0.39, 0.29) is 6.61 Å². The molecule has 0 fully saturated rings. The van der Waals surface area contributed by atoms with E-state index in [0.29, 0.717) is 24.1 Å². The second-order valence-electron chi connectivity index (χ2n) is 9.09. The fraction of sp³-hybridized carbons (Fsp3) is 0.167. The van der Waals surface area contributed by atoms with Gasteiger partial charge in [-0.1, -0.05) is 72.3 Å². The van der Waals surface area contributed by atoms with Crippen LogP contribution >= 0.6 is 0 Å². The van der Waals surface area contributed by atoms with Crippen LogP contribution in [0.25, 0.3) is 22.2 Å². The van der Waals surface area contributed by atoms with Crippen LogP contribution in [0, 0.1) is 6.92 Å². The number of nitrogens with zero attached hydrogens (tertiary/aromatic N) is 2. The van der Waals surface area contributed by atoms with E-state index in [1.54, 1.807) is 0 Å². The Kier molecular flexibility index (Phi) is 6.60. The number of nitrogens with one attached hydrogen (secondary N) is 1. The van der Waals surface area contributed by atoms with Crippen molar-refractivity contribution in [2.75, 3.05) is 0 Å². The van der Waals surface area contributed by atoms with Crippen molar-refractivity contribution in [3.05, 3.63) is 118 Å². The lowest BCUT2D eigenvalue weighted by molar-refractivity contribution is 0.0998. The maximum Gasteiger partial charge on any atom is 0.252 e. The Labute approximate surface area is 209 Å².